The molecule has 36 heavy (non-hydrogen) atoms. The number of fused-ring (bicyclic) bond motifs is 1. The third-order valence-corrected chi connectivity index (χ3v) is 7.11. The molecule has 1 saturated heterocycles. The molecule has 0 bridgehead atoms. The Balaban J connectivity index is 1.24. The van der Waals surface area contributed by atoms with Crippen LogP contribution in [-0.4, -0.2) is 59.3 Å². The summed E-state index contributed by atoms with van der Waals surface area (Å²) in [5, 5.41) is 11.1. The number of nitrogens with one attached hydrogen (secondary N) is 2. The molecule has 7 nitrogen and oxygen atoms in total. The lowest BCUT2D eigenvalue weighted by atomic mass is 10.2. The van der Waals surface area contributed by atoms with Gasteiger partial charge >= 0.3 is 0 Å². The summed E-state index contributed by atoms with van der Waals surface area (Å²) in [5.41, 5.74) is 2.87. The minimum absolute atomic E-state index is 0.103. The van der Waals surface area contributed by atoms with Crippen molar-refractivity contribution in [2.75, 3.05) is 33.3 Å². The van der Waals surface area contributed by atoms with E-state index in [1.807, 2.05) is 54.6 Å². The minimum Gasteiger partial charge on any atom is -0.491 e. The van der Waals surface area contributed by atoms with E-state index in [0.29, 0.717) is 23.6 Å². The van der Waals surface area contributed by atoms with Crippen LogP contribution >= 0.6 is 11.8 Å². The molecular formula is C28H27N5O2S. The highest BCUT2D eigenvalue weighted by Crippen LogP contribution is 2.32. The van der Waals surface area contributed by atoms with Gasteiger partial charge in [0, 0.05) is 28.8 Å². The zero-order valence-electron chi connectivity index (χ0n) is 20.1. The number of carbonyl (C=O) groups excluding carboxylic acids is 1. The normalized spacial score (nSPS) is 13.4. The SMILES string of the molecule is CNC(=O)c1ccccc1Sc1ccc2c(C#Cc3ccc(OCCN4CCCC4)cn3)n[nH]c2c1. The van der Waals surface area contributed by atoms with E-state index in [0.717, 1.165) is 33.0 Å². The molecule has 0 aliphatic carbocycles. The summed E-state index contributed by atoms with van der Waals surface area (Å²) < 4.78 is 5.82. The van der Waals surface area contributed by atoms with E-state index in [2.05, 4.69) is 37.2 Å². The number of ether oxygens (including phenoxy) is 1. The number of rotatable bonds is 7. The van der Waals surface area contributed by atoms with Crippen LogP contribution in [0.2, 0.25) is 0 Å². The lowest BCUT2D eigenvalue weighted by Gasteiger charge is -2.14. The first-order valence-corrected chi connectivity index (χ1v) is 12.8. The minimum atomic E-state index is -0.103. The van der Waals surface area contributed by atoms with Crippen molar-refractivity contribution in [1.82, 2.24) is 25.4 Å². The maximum absolute atomic E-state index is 12.2. The number of amides is 1. The van der Waals surface area contributed by atoms with Crippen LogP contribution in [0.15, 0.2) is 70.6 Å². The Bertz CT molecular complexity index is 1420. The summed E-state index contributed by atoms with van der Waals surface area (Å²) in [5.74, 6) is 6.87. The van der Waals surface area contributed by atoms with E-state index in [-0.39, 0.29) is 5.91 Å². The second kappa shape index (κ2) is 11.3. The highest BCUT2D eigenvalue weighted by Gasteiger charge is 2.12. The van der Waals surface area contributed by atoms with Crippen molar-refractivity contribution in [3.05, 3.63) is 77.7 Å². The standard InChI is InChI=1S/C28H27N5O2S/c1-29-28(34)24-6-2-3-7-27(24)36-22-11-12-23-25(31-32-26(23)18-22)13-9-20-8-10-21(19-30-20)35-17-16-33-14-4-5-15-33/h2-3,6-8,10-12,18-19H,4-5,14-17H2,1H3,(H,29,34)(H,31,32). The molecule has 1 amide bonds. The highest BCUT2D eigenvalue weighted by molar-refractivity contribution is 7.99. The van der Waals surface area contributed by atoms with Crippen molar-refractivity contribution in [2.24, 2.45) is 0 Å². The van der Waals surface area contributed by atoms with Crippen LogP contribution in [-0.2, 0) is 0 Å². The first-order chi connectivity index (χ1) is 17.7. The van der Waals surface area contributed by atoms with Gasteiger partial charge in [-0.25, -0.2) is 4.98 Å². The van der Waals surface area contributed by atoms with E-state index in [1.54, 1.807) is 13.2 Å². The first-order valence-electron chi connectivity index (χ1n) is 12.0. The van der Waals surface area contributed by atoms with E-state index >= 15 is 0 Å². The maximum Gasteiger partial charge on any atom is 0.252 e. The zero-order chi connectivity index (χ0) is 24.7. The monoisotopic (exact) mass is 497 g/mol. The molecule has 5 rings (SSSR count). The largest absolute Gasteiger partial charge is 0.491 e. The molecule has 8 heteroatoms. The molecule has 2 aromatic heterocycles. The molecule has 0 unspecified atom stereocenters. The van der Waals surface area contributed by atoms with Crippen molar-refractivity contribution in [2.45, 2.75) is 22.6 Å². The van der Waals surface area contributed by atoms with Gasteiger partial charge in [0.2, 0.25) is 0 Å². The number of aromatic amines is 1. The predicted octanol–water partition coefficient (Wildman–Crippen LogP) is 4.34. The van der Waals surface area contributed by atoms with Crippen LogP contribution in [0.3, 0.4) is 0 Å². The van der Waals surface area contributed by atoms with Gasteiger partial charge < -0.3 is 10.1 Å². The number of H-pyrrole nitrogens is 1. The molecule has 182 valence electrons. The third kappa shape index (κ3) is 5.70. The average Bonchev–Trinajstić information content (AvgIpc) is 3.58. The molecule has 1 fully saturated rings. The van der Waals surface area contributed by atoms with E-state index in [9.17, 15) is 4.79 Å². The van der Waals surface area contributed by atoms with Crippen LogP contribution in [0.25, 0.3) is 10.9 Å². The molecule has 2 N–H and O–H groups in total. The van der Waals surface area contributed by atoms with Crippen molar-refractivity contribution in [1.29, 1.82) is 0 Å². The Morgan fingerprint density at radius 2 is 2.00 bits per heavy atom. The third-order valence-electron chi connectivity index (χ3n) is 6.04. The van der Waals surface area contributed by atoms with Gasteiger partial charge in [0.05, 0.1) is 17.3 Å². The molecule has 0 spiro atoms. The fourth-order valence-electron chi connectivity index (χ4n) is 4.12. The van der Waals surface area contributed by atoms with Gasteiger partial charge in [0.15, 0.2) is 0 Å². The number of aromatic nitrogens is 3. The van der Waals surface area contributed by atoms with E-state index in [4.69, 9.17) is 4.74 Å². The molecule has 1 aliphatic heterocycles. The number of pyridine rings is 1. The van der Waals surface area contributed by atoms with Crippen LogP contribution in [0.4, 0.5) is 0 Å². The summed E-state index contributed by atoms with van der Waals surface area (Å²) in [6, 6.07) is 17.4. The van der Waals surface area contributed by atoms with Gasteiger partial charge in [0.25, 0.3) is 5.91 Å². The summed E-state index contributed by atoms with van der Waals surface area (Å²) >= 11 is 1.54. The van der Waals surface area contributed by atoms with E-state index in [1.165, 1.54) is 37.7 Å². The Kier molecular flexibility index (Phi) is 7.50. The van der Waals surface area contributed by atoms with Crippen molar-refractivity contribution < 1.29 is 9.53 Å². The quantitative estimate of drug-likeness (QED) is 0.370. The Labute approximate surface area is 214 Å². The summed E-state index contributed by atoms with van der Waals surface area (Å²) in [7, 11) is 1.64. The van der Waals surface area contributed by atoms with E-state index < -0.39 is 0 Å². The molecule has 0 atom stereocenters. The van der Waals surface area contributed by atoms with Gasteiger partial charge in [-0.2, -0.15) is 5.10 Å². The van der Waals surface area contributed by atoms with Gasteiger partial charge in [-0.1, -0.05) is 23.9 Å². The Hall–Kier alpha value is -3.80. The molecular weight excluding hydrogens is 470 g/mol. The summed E-state index contributed by atoms with van der Waals surface area (Å²) in [4.78, 5) is 20.9. The molecule has 3 heterocycles. The highest BCUT2D eigenvalue weighted by atomic mass is 32.2. The number of hydrogen-bond acceptors (Lipinski definition) is 6. The molecule has 0 radical (unpaired) electrons. The van der Waals surface area contributed by atoms with Crippen LogP contribution in [0.1, 0.15) is 34.6 Å². The van der Waals surface area contributed by atoms with Crippen LogP contribution in [0.5, 0.6) is 5.75 Å². The van der Waals surface area contributed by atoms with Gasteiger partial charge in [-0.05, 0) is 80.2 Å². The molecule has 2 aromatic carbocycles. The zero-order valence-corrected chi connectivity index (χ0v) is 20.9. The van der Waals surface area contributed by atoms with Crippen molar-refractivity contribution in [3.8, 4) is 17.6 Å². The maximum atomic E-state index is 12.2. The van der Waals surface area contributed by atoms with Crippen molar-refractivity contribution >= 4 is 28.6 Å². The average molecular weight is 498 g/mol. The predicted molar refractivity (Wildman–Crippen MR) is 141 cm³/mol. The summed E-state index contributed by atoms with van der Waals surface area (Å²) in [6.07, 6.45) is 4.29. The number of benzene rings is 2. The number of hydrogen-bond donors (Lipinski definition) is 2. The van der Waals surface area contributed by atoms with Crippen molar-refractivity contribution in [3.63, 3.8) is 0 Å². The lowest BCUT2D eigenvalue weighted by Crippen LogP contribution is -2.25. The smallest absolute Gasteiger partial charge is 0.252 e. The number of carbonyl (C=O) groups is 1. The number of likely N-dealkylation sites (tertiary alicyclic amines) is 1. The Morgan fingerprint density at radius 1 is 1.14 bits per heavy atom. The molecule has 4 aromatic rings. The van der Waals surface area contributed by atoms with Crippen LogP contribution in [0, 0.1) is 11.8 Å². The topological polar surface area (TPSA) is 83.1 Å². The fraction of sp³-hybridized carbons (Fsp3) is 0.250. The van der Waals surface area contributed by atoms with Gasteiger partial charge in [-0.3, -0.25) is 14.8 Å². The second-order valence-electron chi connectivity index (χ2n) is 8.48. The molecule has 1 aliphatic rings. The summed E-state index contributed by atoms with van der Waals surface area (Å²) in [6.45, 7) is 3.96. The van der Waals surface area contributed by atoms with Crippen LogP contribution < -0.4 is 10.1 Å². The number of nitrogens with zero attached hydrogens (tertiary/aromatic N) is 3. The second-order valence-corrected chi connectivity index (χ2v) is 9.60. The fourth-order valence-corrected chi connectivity index (χ4v) is 5.11. The molecule has 0 saturated carbocycles. The first kappa shape index (κ1) is 23.9. The Morgan fingerprint density at radius 3 is 2.81 bits per heavy atom. The van der Waals surface area contributed by atoms with Gasteiger partial charge in [0.1, 0.15) is 23.7 Å². The lowest BCUT2D eigenvalue weighted by molar-refractivity contribution is 0.0960. The van der Waals surface area contributed by atoms with Gasteiger partial charge in [-0.15, -0.1) is 0 Å².